The maximum Gasteiger partial charge on any atom is 0.255 e. The molecule has 2 aromatic heterocycles. The summed E-state index contributed by atoms with van der Waals surface area (Å²) >= 11 is 1.56. The first-order valence-corrected chi connectivity index (χ1v) is 7.71. The highest BCUT2D eigenvalue weighted by atomic mass is 32.1. The van der Waals surface area contributed by atoms with Crippen LogP contribution in [0.1, 0.15) is 34.8 Å². The average molecular weight is 287 g/mol. The van der Waals surface area contributed by atoms with Crippen molar-refractivity contribution in [3.05, 3.63) is 46.3 Å². The van der Waals surface area contributed by atoms with E-state index in [2.05, 4.69) is 10.3 Å². The number of pyridine rings is 1. The number of hydrogen-bond acceptors (Lipinski definition) is 4. The SMILES string of the molecule is CNc1cc([C@@H]2CCCN2C(=O)c2ccsc2)ccn1. The molecule has 1 saturated heterocycles. The summed E-state index contributed by atoms with van der Waals surface area (Å²) in [5.41, 5.74) is 1.95. The van der Waals surface area contributed by atoms with Gasteiger partial charge in [-0.25, -0.2) is 4.98 Å². The lowest BCUT2D eigenvalue weighted by Gasteiger charge is -2.25. The monoisotopic (exact) mass is 287 g/mol. The van der Waals surface area contributed by atoms with Crippen molar-refractivity contribution < 1.29 is 4.79 Å². The smallest absolute Gasteiger partial charge is 0.255 e. The van der Waals surface area contributed by atoms with Crippen molar-refractivity contribution in [2.45, 2.75) is 18.9 Å². The van der Waals surface area contributed by atoms with E-state index in [9.17, 15) is 4.79 Å². The van der Waals surface area contributed by atoms with Crippen LogP contribution < -0.4 is 5.32 Å². The van der Waals surface area contributed by atoms with Crippen molar-refractivity contribution in [3.63, 3.8) is 0 Å². The minimum atomic E-state index is 0.136. The third kappa shape index (κ3) is 2.41. The Hall–Kier alpha value is -1.88. The first kappa shape index (κ1) is 13.1. The number of nitrogens with zero attached hydrogens (tertiary/aromatic N) is 2. The Morgan fingerprint density at radius 1 is 1.50 bits per heavy atom. The molecule has 0 saturated carbocycles. The Bertz CT molecular complexity index is 597. The number of carbonyl (C=O) groups excluding carboxylic acids is 1. The molecule has 1 aliphatic rings. The molecule has 3 heterocycles. The van der Waals surface area contributed by atoms with E-state index in [1.165, 1.54) is 0 Å². The third-order valence-corrected chi connectivity index (χ3v) is 4.39. The van der Waals surface area contributed by atoms with E-state index in [-0.39, 0.29) is 11.9 Å². The lowest BCUT2D eigenvalue weighted by molar-refractivity contribution is 0.0736. The van der Waals surface area contributed by atoms with Crippen molar-refractivity contribution in [1.29, 1.82) is 0 Å². The van der Waals surface area contributed by atoms with Crippen molar-refractivity contribution >= 4 is 23.1 Å². The van der Waals surface area contributed by atoms with Crippen LogP contribution in [-0.2, 0) is 0 Å². The van der Waals surface area contributed by atoms with Crippen molar-refractivity contribution in [2.75, 3.05) is 18.9 Å². The molecule has 1 amide bonds. The molecule has 0 aliphatic carbocycles. The van der Waals surface area contributed by atoms with Gasteiger partial charge in [0.15, 0.2) is 0 Å². The first-order chi connectivity index (χ1) is 9.79. The normalized spacial score (nSPS) is 18.2. The summed E-state index contributed by atoms with van der Waals surface area (Å²) in [4.78, 5) is 18.8. The Morgan fingerprint density at radius 2 is 2.40 bits per heavy atom. The largest absolute Gasteiger partial charge is 0.373 e. The molecule has 5 heteroatoms. The maximum atomic E-state index is 12.5. The van der Waals surface area contributed by atoms with Crippen molar-refractivity contribution in [1.82, 2.24) is 9.88 Å². The molecule has 1 fully saturated rings. The molecular weight excluding hydrogens is 270 g/mol. The molecule has 1 aliphatic heterocycles. The number of likely N-dealkylation sites (tertiary alicyclic amines) is 1. The van der Waals surface area contributed by atoms with Crippen LogP contribution in [0.4, 0.5) is 5.82 Å². The number of rotatable bonds is 3. The number of amides is 1. The minimum absolute atomic E-state index is 0.136. The highest BCUT2D eigenvalue weighted by molar-refractivity contribution is 7.08. The molecule has 0 radical (unpaired) electrons. The molecule has 0 aromatic carbocycles. The summed E-state index contributed by atoms with van der Waals surface area (Å²) in [5, 5.41) is 6.92. The van der Waals surface area contributed by atoms with Crippen LogP contribution in [0.25, 0.3) is 0 Å². The Morgan fingerprint density at radius 3 is 3.15 bits per heavy atom. The molecule has 0 spiro atoms. The second kappa shape index (κ2) is 5.63. The summed E-state index contributed by atoms with van der Waals surface area (Å²) in [6.07, 6.45) is 3.87. The number of aromatic nitrogens is 1. The van der Waals surface area contributed by atoms with Gasteiger partial charge in [-0.05, 0) is 42.0 Å². The van der Waals surface area contributed by atoms with Gasteiger partial charge in [0.05, 0.1) is 11.6 Å². The fourth-order valence-electron chi connectivity index (χ4n) is 2.70. The van der Waals surface area contributed by atoms with Crippen LogP contribution in [0.3, 0.4) is 0 Å². The summed E-state index contributed by atoms with van der Waals surface area (Å²) in [7, 11) is 1.86. The van der Waals surface area contributed by atoms with Gasteiger partial charge in [-0.1, -0.05) is 0 Å². The molecule has 3 rings (SSSR count). The Kier molecular flexibility index (Phi) is 3.69. The quantitative estimate of drug-likeness (QED) is 0.943. The van der Waals surface area contributed by atoms with Gasteiger partial charge in [0, 0.05) is 25.2 Å². The summed E-state index contributed by atoms with van der Waals surface area (Å²) < 4.78 is 0. The molecule has 0 bridgehead atoms. The van der Waals surface area contributed by atoms with E-state index in [1.807, 2.05) is 40.9 Å². The van der Waals surface area contributed by atoms with E-state index in [4.69, 9.17) is 0 Å². The lowest BCUT2D eigenvalue weighted by Crippen LogP contribution is -2.30. The zero-order valence-corrected chi connectivity index (χ0v) is 12.2. The van der Waals surface area contributed by atoms with Gasteiger partial charge in [0.25, 0.3) is 5.91 Å². The van der Waals surface area contributed by atoms with E-state index >= 15 is 0 Å². The Balaban J connectivity index is 1.86. The minimum Gasteiger partial charge on any atom is -0.373 e. The second-order valence-electron chi connectivity index (χ2n) is 4.89. The van der Waals surface area contributed by atoms with Gasteiger partial charge in [0.1, 0.15) is 5.82 Å². The van der Waals surface area contributed by atoms with Crippen LogP contribution in [0.15, 0.2) is 35.2 Å². The lowest BCUT2D eigenvalue weighted by atomic mass is 10.1. The third-order valence-electron chi connectivity index (χ3n) is 3.71. The Labute approximate surface area is 122 Å². The molecular formula is C15H17N3OS. The predicted molar refractivity (Wildman–Crippen MR) is 81.1 cm³/mol. The zero-order chi connectivity index (χ0) is 13.9. The number of anilines is 1. The van der Waals surface area contributed by atoms with Gasteiger partial charge >= 0.3 is 0 Å². The summed E-state index contributed by atoms with van der Waals surface area (Å²) in [6, 6.07) is 6.10. The van der Waals surface area contributed by atoms with Crippen LogP contribution in [0.5, 0.6) is 0 Å². The molecule has 0 unspecified atom stereocenters. The van der Waals surface area contributed by atoms with Gasteiger partial charge in [-0.15, -0.1) is 0 Å². The summed E-state index contributed by atoms with van der Waals surface area (Å²) in [5.74, 6) is 0.980. The molecule has 2 aromatic rings. The van der Waals surface area contributed by atoms with Crippen LogP contribution >= 0.6 is 11.3 Å². The number of nitrogens with one attached hydrogen (secondary N) is 1. The van der Waals surface area contributed by atoms with E-state index < -0.39 is 0 Å². The molecule has 1 N–H and O–H groups in total. The van der Waals surface area contributed by atoms with Crippen LogP contribution in [0, 0.1) is 0 Å². The standard InChI is InChI=1S/C15H17N3OS/c1-16-14-9-11(4-6-17-14)13-3-2-7-18(13)15(19)12-5-8-20-10-12/h4-6,8-10,13H,2-3,7H2,1H3,(H,16,17)/t13-/m0/s1. The topological polar surface area (TPSA) is 45.2 Å². The van der Waals surface area contributed by atoms with E-state index in [1.54, 1.807) is 17.5 Å². The summed E-state index contributed by atoms with van der Waals surface area (Å²) in [6.45, 7) is 0.830. The van der Waals surface area contributed by atoms with Crippen LogP contribution in [0.2, 0.25) is 0 Å². The highest BCUT2D eigenvalue weighted by Gasteiger charge is 2.30. The number of carbonyl (C=O) groups is 1. The second-order valence-corrected chi connectivity index (χ2v) is 5.67. The first-order valence-electron chi connectivity index (χ1n) is 6.76. The molecule has 1 atom stereocenters. The van der Waals surface area contributed by atoms with Gasteiger partial charge in [0.2, 0.25) is 0 Å². The van der Waals surface area contributed by atoms with E-state index in [0.717, 1.165) is 36.3 Å². The zero-order valence-electron chi connectivity index (χ0n) is 11.4. The van der Waals surface area contributed by atoms with Crippen molar-refractivity contribution in [3.8, 4) is 0 Å². The maximum absolute atomic E-state index is 12.5. The predicted octanol–water partition coefficient (Wildman–Crippen LogP) is 3.16. The van der Waals surface area contributed by atoms with Gasteiger partial charge in [-0.3, -0.25) is 4.79 Å². The van der Waals surface area contributed by atoms with E-state index in [0.29, 0.717) is 0 Å². The molecule has 4 nitrogen and oxygen atoms in total. The highest BCUT2D eigenvalue weighted by Crippen LogP contribution is 2.33. The number of thiophene rings is 1. The molecule has 104 valence electrons. The molecule has 20 heavy (non-hydrogen) atoms. The fourth-order valence-corrected chi connectivity index (χ4v) is 3.33. The van der Waals surface area contributed by atoms with Crippen LogP contribution in [-0.4, -0.2) is 29.4 Å². The average Bonchev–Trinajstić information content (AvgIpc) is 3.17. The van der Waals surface area contributed by atoms with Crippen molar-refractivity contribution in [2.24, 2.45) is 0 Å². The fraction of sp³-hybridized carbons (Fsp3) is 0.333. The van der Waals surface area contributed by atoms with Gasteiger partial charge < -0.3 is 10.2 Å². The number of hydrogen-bond donors (Lipinski definition) is 1. The van der Waals surface area contributed by atoms with Gasteiger partial charge in [-0.2, -0.15) is 11.3 Å².